The highest BCUT2D eigenvalue weighted by Crippen LogP contribution is 2.60. The molecule has 0 saturated carbocycles. The van der Waals surface area contributed by atoms with Gasteiger partial charge in [0.15, 0.2) is 0 Å². The minimum Gasteiger partial charge on any atom is -0.310 e. The van der Waals surface area contributed by atoms with E-state index in [2.05, 4.69) is 319 Å². The van der Waals surface area contributed by atoms with Crippen molar-refractivity contribution in [1.82, 2.24) is 0 Å². The molecule has 2 aliphatic carbocycles. The van der Waals surface area contributed by atoms with Crippen LogP contribution in [0.5, 0.6) is 0 Å². The third kappa shape index (κ3) is 7.82. The van der Waals surface area contributed by atoms with Gasteiger partial charge >= 0.3 is 0 Å². The third-order valence-electron chi connectivity index (χ3n) is 16.8. The third-order valence-corrected chi connectivity index (χ3v) is 16.8. The molecular weight excluding hydrogens is 927 g/mol. The molecule has 0 saturated heterocycles. The van der Waals surface area contributed by atoms with Crippen molar-refractivity contribution in [2.24, 2.45) is 0 Å². The number of nitrogens with zero attached hydrogens (tertiary/aromatic N) is 1. The number of anilines is 3. The number of hydrogen-bond donors (Lipinski definition) is 0. The van der Waals surface area contributed by atoms with Crippen LogP contribution in [0.2, 0.25) is 0 Å². The van der Waals surface area contributed by atoms with Crippen LogP contribution in [0.1, 0.15) is 97.2 Å². The molecule has 2 aliphatic rings. The van der Waals surface area contributed by atoms with Gasteiger partial charge in [0, 0.05) is 17.1 Å². The van der Waals surface area contributed by atoms with Crippen LogP contribution in [-0.4, -0.2) is 0 Å². The summed E-state index contributed by atoms with van der Waals surface area (Å²) in [6, 6.07) is 103. The minimum absolute atomic E-state index is 0.0178. The topological polar surface area (TPSA) is 3.24 Å². The van der Waals surface area contributed by atoms with Crippen LogP contribution >= 0.6 is 0 Å². The number of benzene rings is 11. The highest BCUT2D eigenvalue weighted by atomic mass is 15.1. The Morgan fingerprint density at radius 1 is 0.247 bits per heavy atom. The van der Waals surface area contributed by atoms with Crippen molar-refractivity contribution in [3.05, 3.63) is 329 Å². The Labute approximate surface area is 455 Å². The van der Waals surface area contributed by atoms with E-state index in [1.54, 1.807) is 0 Å². The fraction of sp³-hybridized carbons (Fsp3) is 0.132. The maximum Gasteiger partial charge on any atom is 0.0714 e. The van der Waals surface area contributed by atoms with Crippen molar-refractivity contribution < 1.29 is 0 Å². The number of rotatable bonds is 9. The molecule has 372 valence electrons. The Bertz CT molecular complexity index is 3730. The van der Waals surface area contributed by atoms with Crippen molar-refractivity contribution in [2.45, 2.75) is 63.2 Å². The van der Waals surface area contributed by atoms with Gasteiger partial charge in [0.2, 0.25) is 0 Å². The maximum absolute atomic E-state index is 2.51. The highest BCUT2D eigenvalue weighted by molar-refractivity contribution is 5.92. The molecule has 13 rings (SSSR count). The predicted molar refractivity (Wildman–Crippen MR) is 324 cm³/mol. The zero-order chi connectivity index (χ0) is 52.5. The first-order valence-electron chi connectivity index (χ1n) is 27.3. The summed E-state index contributed by atoms with van der Waals surface area (Å²) in [4.78, 5) is 2.51. The highest BCUT2D eigenvalue weighted by Gasteiger charge is 2.48. The average molecular weight is 990 g/mol. The van der Waals surface area contributed by atoms with Gasteiger partial charge in [0.1, 0.15) is 0 Å². The number of fused-ring (bicyclic) bond motifs is 6. The second-order valence-corrected chi connectivity index (χ2v) is 23.3. The van der Waals surface area contributed by atoms with E-state index in [0.29, 0.717) is 0 Å². The summed E-state index contributed by atoms with van der Waals surface area (Å²) in [6.45, 7) is 13.8. The molecule has 1 nitrogen and oxygen atoms in total. The van der Waals surface area contributed by atoms with Crippen LogP contribution in [0.25, 0.3) is 44.5 Å². The standard InChI is InChI=1S/C76H63N/c1-73(2,3)56-36-40-60(41-37-56)75(58-22-12-8-13-23-58)69-28-18-16-26-65(69)67-48-46-63(50-71(67)75)77(62-44-34-55(35-45-62)54-32-30-53(31-33-54)52-20-10-7-11-21-52)64-47-49-68-66-27-17-19-29-70(66)76(72(68)51-64,59-24-14-9-15-25-59)61-42-38-57(39-43-61)74(4,5)6/h7-51H,1-6H3. The molecule has 2 atom stereocenters. The first kappa shape index (κ1) is 47.9. The lowest BCUT2D eigenvalue weighted by Gasteiger charge is -2.36. The van der Waals surface area contributed by atoms with Crippen molar-refractivity contribution in [2.75, 3.05) is 4.90 Å². The van der Waals surface area contributed by atoms with Crippen LogP contribution < -0.4 is 4.90 Å². The SMILES string of the molecule is CC(C)(C)c1ccc(C2(c3ccccc3)c3ccccc3-c3ccc(N(c4ccc(-c5ccc(-c6ccccc6)cc5)cc4)c4ccc5c(c4)C(c4ccccc4)(c4ccc(C(C)(C)C)cc4)c4ccccc4-5)cc32)cc1. The average Bonchev–Trinajstić information content (AvgIpc) is 4.14. The van der Waals surface area contributed by atoms with Crippen LogP contribution in [0.3, 0.4) is 0 Å². The molecule has 0 bridgehead atoms. The summed E-state index contributed by atoms with van der Waals surface area (Å²) < 4.78 is 0. The summed E-state index contributed by atoms with van der Waals surface area (Å²) >= 11 is 0. The van der Waals surface area contributed by atoms with E-state index in [4.69, 9.17) is 0 Å². The second-order valence-electron chi connectivity index (χ2n) is 23.3. The van der Waals surface area contributed by atoms with E-state index in [1.165, 1.54) is 100 Å². The summed E-state index contributed by atoms with van der Waals surface area (Å²) in [6.07, 6.45) is 0. The molecule has 11 aromatic rings. The molecule has 0 aromatic heterocycles. The van der Waals surface area contributed by atoms with Gasteiger partial charge in [0.05, 0.1) is 10.8 Å². The van der Waals surface area contributed by atoms with Gasteiger partial charge in [-0.25, -0.2) is 0 Å². The Kier molecular flexibility index (Phi) is 11.5. The van der Waals surface area contributed by atoms with Gasteiger partial charge < -0.3 is 4.90 Å². The predicted octanol–water partition coefficient (Wildman–Crippen LogP) is 19.8. The first-order valence-corrected chi connectivity index (χ1v) is 27.3. The fourth-order valence-electron chi connectivity index (χ4n) is 12.9. The molecule has 77 heavy (non-hydrogen) atoms. The van der Waals surface area contributed by atoms with Gasteiger partial charge in [-0.1, -0.05) is 278 Å². The van der Waals surface area contributed by atoms with Crippen molar-refractivity contribution in [3.8, 4) is 44.5 Å². The van der Waals surface area contributed by atoms with Crippen molar-refractivity contribution in [3.63, 3.8) is 0 Å². The molecule has 0 heterocycles. The molecule has 0 spiro atoms. The fourth-order valence-corrected chi connectivity index (χ4v) is 12.9. The van der Waals surface area contributed by atoms with E-state index in [9.17, 15) is 0 Å². The quantitative estimate of drug-likeness (QED) is 0.139. The zero-order valence-corrected chi connectivity index (χ0v) is 44.9. The largest absolute Gasteiger partial charge is 0.310 e. The molecule has 0 fully saturated rings. The monoisotopic (exact) mass is 989 g/mol. The molecule has 11 aromatic carbocycles. The van der Waals surface area contributed by atoms with E-state index in [0.717, 1.165) is 17.1 Å². The van der Waals surface area contributed by atoms with E-state index >= 15 is 0 Å². The smallest absolute Gasteiger partial charge is 0.0714 e. The molecular formula is C76H63N. The Morgan fingerprint density at radius 2 is 0.545 bits per heavy atom. The van der Waals surface area contributed by atoms with Crippen molar-refractivity contribution >= 4 is 17.1 Å². The van der Waals surface area contributed by atoms with Gasteiger partial charge in [-0.2, -0.15) is 0 Å². The maximum atomic E-state index is 2.51. The lowest BCUT2D eigenvalue weighted by Crippen LogP contribution is -2.29. The Hall–Kier alpha value is -8.78. The lowest BCUT2D eigenvalue weighted by molar-refractivity contribution is 0.589. The van der Waals surface area contributed by atoms with Crippen molar-refractivity contribution in [1.29, 1.82) is 0 Å². The Morgan fingerprint density at radius 3 is 0.935 bits per heavy atom. The van der Waals surface area contributed by atoms with E-state index in [-0.39, 0.29) is 10.8 Å². The lowest BCUT2D eigenvalue weighted by atomic mass is 9.67. The van der Waals surface area contributed by atoms with Crippen LogP contribution in [0.4, 0.5) is 17.1 Å². The molecule has 0 radical (unpaired) electrons. The summed E-state index contributed by atoms with van der Waals surface area (Å²) in [7, 11) is 0. The molecule has 2 unspecified atom stereocenters. The number of hydrogen-bond acceptors (Lipinski definition) is 1. The molecule has 0 aliphatic heterocycles. The summed E-state index contributed by atoms with van der Waals surface area (Å²) in [5, 5.41) is 0. The summed E-state index contributed by atoms with van der Waals surface area (Å²) in [5.74, 6) is 0. The van der Waals surface area contributed by atoms with Crippen LogP contribution in [-0.2, 0) is 21.7 Å². The van der Waals surface area contributed by atoms with Crippen LogP contribution in [0.15, 0.2) is 273 Å². The first-order chi connectivity index (χ1) is 37.4. The normalized spacial score (nSPS) is 16.3. The van der Waals surface area contributed by atoms with E-state index in [1.807, 2.05) is 0 Å². The van der Waals surface area contributed by atoms with Gasteiger partial charge in [-0.05, 0) is 147 Å². The van der Waals surface area contributed by atoms with Gasteiger partial charge in [-0.15, -0.1) is 0 Å². The summed E-state index contributed by atoms with van der Waals surface area (Å²) in [5.41, 5.74) is 24.8. The van der Waals surface area contributed by atoms with E-state index < -0.39 is 10.8 Å². The van der Waals surface area contributed by atoms with Crippen LogP contribution in [0, 0.1) is 0 Å². The molecule has 0 N–H and O–H groups in total. The second kappa shape index (κ2) is 18.5. The van der Waals surface area contributed by atoms with Gasteiger partial charge in [-0.3, -0.25) is 0 Å². The molecule has 0 amide bonds. The van der Waals surface area contributed by atoms with Gasteiger partial charge in [0.25, 0.3) is 0 Å². The molecule has 1 heteroatoms. The minimum atomic E-state index is -0.581. The Balaban J connectivity index is 1.04. The zero-order valence-electron chi connectivity index (χ0n) is 44.9.